The molecule has 244 valence electrons. The van der Waals surface area contributed by atoms with E-state index < -0.39 is 0 Å². The molecule has 0 saturated heterocycles. The molecule has 0 spiro atoms. The summed E-state index contributed by atoms with van der Waals surface area (Å²) in [5, 5.41) is 6.49. The molecule has 0 bridgehead atoms. The quantitative estimate of drug-likeness (QED) is 0.183. The van der Waals surface area contributed by atoms with Crippen LogP contribution in [0.15, 0.2) is 183 Å². The zero-order valence-corrected chi connectivity index (χ0v) is 27.8. The van der Waals surface area contributed by atoms with E-state index >= 15 is 0 Å². The highest BCUT2D eigenvalue weighted by Gasteiger charge is 2.22. The smallest absolute Gasteiger partial charge is 0.227 e. The van der Waals surface area contributed by atoms with Crippen LogP contribution >= 0.6 is 0 Å². The number of benzene rings is 8. The average Bonchev–Trinajstić information content (AvgIpc) is 3.92. The minimum absolute atomic E-state index is 0.582. The Balaban J connectivity index is 1.13. The van der Waals surface area contributed by atoms with Gasteiger partial charge in [0.15, 0.2) is 11.2 Å². The van der Waals surface area contributed by atoms with Crippen LogP contribution in [0.1, 0.15) is 0 Å². The van der Waals surface area contributed by atoms with Gasteiger partial charge in [-0.1, -0.05) is 103 Å². The molecule has 0 aliphatic heterocycles. The van der Waals surface area contributed by atoms with Gasteiger partial charge in [0.05, 0.1) is 11.1 Å². The third kappa shape index (κ3) is 4.39. The van der Waals surface area contributed by atoms with Gasteiger partial charge < -0.3 is 18.2 Å². The van der Waals surface area contributed by atoms with Crippen molar-refractivity contribution < 1.29 is 13.3 Å². The van der Waals surface area contributed by atoms with Crippen LogP contribution < -0.4 is 4.90 Å². The number of para-hydroxylation sites is 2. The zero-order valence-electron chi connectivity index (χ0n) is 27.8. The summed E-state index contributed by atoms with van der Waals surface area (Å²) in [5.74, 6) is 0.582. The Bertz CT molecular complexity index is 3130. The zero-order chi connectivity index (χ0) is 34.2. The van der Waals surface area contributed by atoms with Crippen LogP contribution in [0, 0.1) is 0 Å². The van der Waals surface area contributed by atoms with Crippen molar-refractivity contribution in [3.05, 3.63) is 170 Å². The number of oxazole rings is 1. The van der Waals surface area contributed by atoms with Crippen molar-refractivity contribution in [2.45, 2.75) is 0 Å². The number of nitrogens with zero attached hydrogens (tertiary/aromatic N) is 2. The van der Waals surface area contributed by atoms with E-state index in [2.05, 4.69) is 114 Å². The Labute approximate surface area is 297 Å². The maximum absolute atomic E-state index is 6.61. The summed E-state index contributed by atoms with van der Waals surface area (Å²) in [6.07, 6.45) is 0. The number of rotatable bonds is 5. The van der Waals surface area contributed by atoms with Gasteiger partial charge in [-0.25, -0.2) is 4.98 Å². The number of anilines is 3. The number of hydrogen-bond donors (Lipinski definition) is 0. The summed E-state index contributed by atoms with van der Waals surface area (Å²) in [5.41, 5.74) is 10.9. The van der Waals surface area contributed by atoms with Crippen molar-refractivity contribution in [3.63, 3.8) is 0 Å². The fraction of sp³-hybridized carbons (Fsp3) is 0. The van der Waals surface area contributed by atoms with Gasteiger partial charge in [0, 0.05) is 33.1 Å². The van der Waals surface area contributed by atoms with E-state index in [9.17, 15) is 0 Å². The molecule has 0 saturated carbocycles. The summed E-state index contributed by atoms with van der Waals surface area (Å²) in [7, 11) is 0. The molecule has 3 aromatic heterocycles. The van der Waals surface area contributed by atoms with Gasteiger partial charge in [-0.3, -0.25) is 0 Å². The predicted octanol–water partition coefficient (Wildman–Crippen LogP) is 13.6. The van der Waals surface area contributed by atoms with Crippen LogP contribution in [-0.2, 0) is 0 Å². The molecule has 52 heavy (non-hydrogen) atoms. The number of hydrogen-bond acceptors (Lipinski definition) is 5. The van der Waals surface area contributed by atoms with E-state index in [4.69, 9.17) is 18.2 Å². The molecule has 0 fully saturated rings. The summed E-state index contributed by atoms with van der Waals surface area (Å²) in [6, 6.07) is 58.6. The third-order valence-corrected chi connectivity index (χ3v) is 10.1. The normalized spacial score (nSPS) is 11.8. The standard InChI is InChI=1S/C47H28N2O3/c1-2-11-31(12-3-1)47-48-45-43(52-47)27-26-42-44(45)38-28-33(24-25-41(38)50-42)49(39-18-9-17-37-36-15-6-7-19-40(36)51-46(37)39)32-22-20-30(21-23-32)35-16-8-13-29-10-4-5-14-34(29)35/h1-28H. The van der Waals surface area contributed by atoms with E-state index in [1.165, 1.54) is 16.3 Å². The molecule has 0 N–H and O–H groups in total. The van der Waals surface area contributed by atoms with Crippen LogP contribution in [0.4, 0.5) is 17.1 Å². The Morgan fingerprint density at radius 1 is 0.423 bits per heavy atom. The molecule has 0 atom stereocenters. The lowest BCUT2D eigenvalue weighted by Crippen LogP contribution is -2.10. The van der Waals surface area contributed by atoms with Crippen LogP contribution in [0.5, 0.6) is 0 Å². The van der Waals surface area contributed by atoms with E-state index in [0.717, 1.165) is 77.6 Å². The second-order valence-electron chi connectivity index (χ2n) is 13.1. The van der Waals surface area contributed by atoms with Gasteiger partial charge in [-0.05, 0) is 88.6 Å². The molecule has 8 aromatic carbocycles. The molecule has 5 nitrogen and oxygen atoms in total. The van der Waals surface area contributed by atoms with Gasteiger partial charge >= 0.3 is 0 Å². The fourth-order valence-corrected chi connectivity index (χ4v) is 7.69. The van der Waals surface area contributed by atoms with E-state index in [1.54, 1.807) is 0 Å². The average molecular weight is 669 g/mol. The first kappa shape index (κ1) is 28.7. The Morgan fingerprint density at radius 2 is 1.12 bits per heavy atom. The van der Waals surface area contributed by atoms with Gasteiger partial charge in [0.25, 0.3) is 0 Å². The van der Waals surface area contributed by atoms with Crippen molar-refractivity contribution in [2.75, 3.05) is 4.90 Å². The summed E-state index contributed by atoms with van der Waals surface area (Å²) in [6.45, 7) is 0. The Morgan fingerprint density at radius 3 is 2.02 bits per heavy atom. The predicted molar refractivity (Wildman–Crippen MR) is 212 cm³/mol. The molecule has 11 rings (SSSR count). The lowest BCUT2D eigenvalue weighted by atomic mass is 9.98. The number of fused-ring (bicyclic) bond motifs is 9. The minimum Gasteiger partial charge on any atom is -0.456 e. The summed E-state index contributed by atoms with van der Waals surface area (Å²) >= 11 is 0. The third-order valence-electron chi connectivity index (χ3n) is 10.1. The lowest BCUT2D eigenvalue weighted by molar-refractivity contribution is 0.619. The highest BCUT2D eigenvalue weighted by atomic mass is 16.4. The van der Waals surface area contributed by atoms with E-state index in [0.29, 0.717) is 11.5 Å². The van der Waals surface area contributed by atoms with Crippen molar-refractivity contribution in [1.29, 1.82) is 0 Å². The molecule has 0 radical (unpaired) electrons. The number of furan rings is 2. The first-order chi connectivity index (χ1) is 25.8. The van der Waals surface area contributed by atoms with Crippen LogP contribution in [0.2, 0.25) is 0 Å². The van der Waals surface area contributed by atoms with E-state index in [1.807, 2.05) is 60.7 Å². The van der Waals surface area contributed by atoms with Gasteiger partial charge in [-0.15, -0.1) is 0 Å². The molecule has 0 aliphatic carbocycles. The molecular weight excluding hydrogens is 641 g/mol. The molecule has 0 aliphatic rings. The summed E-state index contributed by atoms with van der Waals surface area (Å²) < 4.78 is 19.3. The maximum Gasteiger partial charge on any atom is 0.227 e. The van der Waals surface area contributed by atoms with Gasteiger partial charge in [0.2, 0.25) is 5.89 Å². The first-order valence-electron chi connectivity index (χ1n) is 17.4. The van der Waals surface area contributed by atoms with Crippen molar-refractivity contribution in [3.8, 4) is 22.6 Å². The molecule has 5 heteroatoms. The highest BCUT2D eigenvalue weighted by molar-refractivity contribution is 6.18. The molecule has 3 heterocycles. The SMILES string of the molecule is c1ccc(-c2nc3c(ccc4oc5ccc(N(c6ccc(-c7cccc8ccccc78)cc6)c6cccc7c6oc6ccccc67)cc5c43)o2)cc1. The molecule has 11 aromatic rings. The lowest BCUT2D eigenvalue weighted by Gasteiger charge is -2.26. The fourth-order valence-electron chi connectivity index (χ4n) is 7.69. The maximum atomic E-state index is 6.61. The summed E-state index contributed by atoms with van der Waals surface area (Å²) in [4.78, 5) is 7.27. The minimum atomic E-state index is 0.582. The van der Waals surface area contributed by atoms with E-state index in [-0.39, 0.29) is 0 Å². The van der Waals surface area contributed by atoms with Crippen molar-refractivity contribution in [1.82, 2.24) is 4.98 Å². The van der Waals surface area contributed by atoms with Crippen LogP contribution in [0.3, 0.4) is 0 Å². The van der Waals surface area contributed by atoms with Crippen molar-refractivity contribution in [2.24, 2.45) is 0 Å². The van der Waals surface area contributed by atoms with Crippen molar-refractivity contribution >= 4 is 82.8 Å². The second-order valence-corrected chi connectivity index (χ2v) is 13.1. The molecular formula is C47H28N2O3. The molecule has 0 amide bonds. The first-order valence-corrected chi connectivity index (χ1v) is 17.4. The van der Waals surface area contributed by atoms with Crippen LogP contribution in [-0.4, -0.2) is 4.98 Å². The van der Waals surface area contributed by atoms with Gasteiger partial charge in [-0.2, -0.15) is 0 Å². The topological polar surface area (TPSA) is 55.6 Å². The highest BCUT2D eigenvalue weighted by Crippen LogP contribution is 2.45. The second kappa shape index (κ2) is 11.2. The Hall–Kier alpha value is -7.11. The molecule has 0 unspecified atom stereocenters. The largest absolute Gasteiger partial charge is 0.456 e. The van der Waals surface area contributed by atoms with Gasteiger partial charge in [0.1, 0.15) is 22.3 Å². The van der Waals surface area contributed by atoms with Crippen LogP contribution in [0.25, 0.3) is 88.3 Å². The monoisotopic (exact) mass is 668 g/mol. The Kier molecular flexibility index (Phi) is 6.18. The number of aromatic nitrogens is 1.